The van der Waals surface area contributed by atoms with Gasteiger partial charge in [-0.25, -0.2) is 0 Å². The van der Waals surface area contributed by atoms with Crippen LogP contribution in [0.3, 0.4) is 0 Å². The molecule has 2 aliphatic rings. The highest BCUT2D eigenvalue weighted by atomic mass is 16.5. The number of aryl methyl sites for hydroxylation is 1. The third kappa shape index (κ3) is 4.64. The molecule has 0 radical (unpaired) electrons. The lowest BCUT2D eigenvalue weighted by Gasteiger charge is -2.21. The highest BCUT2D eigenvalue weighted by Crippen LogP contribution is 2.40. The largest absolute Gasteiger partial charge is 0.504 e. The number of benzene rings is 2. The highest BCUT2D eigenvalue weighted by Gasteiger charge is 2.35. The molecule has 7 heteroatoms. The van der Waals surface area contributed by atoms with E-state index in [0.29, 0.717) is 30.1 Å². The molecule has 170 valence electrons. The summed E-state index contributed by atoms with van der Waals surface area (Å²) in [5, 5.41) is 13.6. The molecule has 1 amide bonds. The summed E-state index contributed by atoms with van der Waals surface area (Å²) in [6.45, 7) is 2.32. The van der Waals surface area contributed by atoms with Crippen molar-refractivity contribution < 1.29 is 19.4 Å². The first-order valence-corrected chi connectivity index (χ1v) is 11.2. The number of fused-ring (bicyclic) bond motifs is 6. The summed E-state index contributed by atoms with van der Waals surface area (Å²) in [5.74, 6) is 1.64. The number of methoxy groups -OCH3 is 1. The number of amides is 1. The monoisotopic (exact) mass is 445 g/mol. The Balaban J connectivity index is 1.50. The maximum Gasteiger partial charge on any atom is 0.220 e. The molecule has 4 bridgehead atoms. The van der Waals surface area contributed by atoms with Gasteiger partial charge in [0.05, 0.1) is 7.11 Å². The van der Waals surface area contributed by atoms with Crippen molar-refractivity contribution in [2.75, 3.05) is 20.2 Å². The molecule has 33 heavy (non-hydrogen) atoms. The van der Waals surface area contributed by atoms with Crippen molar-refractivity contribution in [1.82, 2.24) is 15.2 Å². The van der Waals surface area contributed by atoms with E-state index in [4.69, 9.17) is 9.47 Å². The fourth-order valence-corrected chi connectivity index (χ4v) is 4.70. The second kappa shape index (κ2) is 9.11. The number of phenolic OH excluding ortho intramolecular Hbond substituents is 1. The summed E-state index contributed by atoms with van der Waals surface area (Å²) in [7, 11) is 1.60. The Bertz CT molecular complexity index is 1150. The maximum absolute atomic E-state index is 12.8. The van der Waals surface area contributed by atoms with E-state index in [1.165, 1.54) is 0 Å². The number of rotatable bonds is 3. The van der Waals surface area contributed by atoms with Gasteiger partial charge in [0.25, 0.3) is 0 Å². The molecule has 0 aliphatic carbocycles. The quantitative estimate of drug-likeness (QED) is 0.641. The number of aromatic nitrogens is 1. The van der Waals surface area contributed by atoms with E-state index in [9.17, 15) is 9.90 Å². The Labute approximate surface area is 193 Å². The lowest BCUT2D eigenvalue weighted by Crippen LogP contribution is -2.39. The summed E-state index contributed by atoms with van der Waals surface area (Å²) in [6, 6.07) is 15.1. The van der Waals surface area contributed by atoms with Crippen LogP contribution in [0.15, 0.2) is 60.9 Å². The third-order valence-electron chi connectivity index (χ3n) is 6.37. The van der Waals surface area contributed by atoms with Crippen LogP contribution in [0.2, 0.25) is 0 Å². The first-order valence-electron chi connectivity index (χ1n) is 11.2. The van der Waals surface area contributed by atoms with Gasteiger partial charge in [0.2, 0.25) is 5.91 Å². The Morgan fingerprint density at radius 1 is 1.15 bits per heavy atom. The van der Waals surface area contributed by atoms with Crippen LogP contribution < -0.4 is 14.8 Å². The molecule has 0 saturated carbocycles. The molecule has 2 atom stereocenters. The molecule has 1 saturated heterocycles. The van der Waals surface area contributed by atoms with Gasteiger partial charge in [-0.15, -0.1) is 0 Å². The number of hydrogen-bond acceptors (Lipinski definition) is 6. The average molecular weight is 446 g/mol. The number of carbonyl (C=O) groups is 1. The van der Waals surface area contributed by atoms with Gasteiger partial charge in [-0.2, -0.15) is 0 Å². The van der Waals surface area contributed by atoms with Gasteiger partial charge in [0.1, 0.15) is 0 Å². The molecule has 3 aromatic rings. The topological polar surface area (TPSA) is 83.9 Å². The molecule has 2 N–H and O–H groups in total. The third-order valence-corrected chi connectivity index (χ3v) is 6.37. The minimum absolute atomic E-state index is 0.0207. The van der Waals surface area contributed by atoms with Crippen molar-refractivity contribution >= 4 is 5.91 Å². The van der Waals surface area contributed by atoms with Crippen molar-refractivity contribution in [3.63, 3.8) is 0 Å². The first-order chi connectivity index (χ1) is 16.1. The second-order valence-electron chi connectivity index (χ2n) is 8.65. The molecule has 2 aromatic carbocycles. The smallest absolute Gasteiger partial charge is 0.220 e. The molecule has 3 heterocycles. The fraction of sp³-hybridized carbons (Fsp3) is 0.308. The zero-order valence-electron chi connectivity index (χ0n) is 18.5. The zero-order chi connectivity index (χ0) is 22.8. The molecule has 1 fully saturated rings. The lowest BCUT2D eigenvalue weighted by molar-refractivity contribution is -0.121. The number of likely N-dealkylation sites (tertiary alicyclic amines) is 1. The standard InChI is InChI=1S/C26H27N3O4/c1-32-23-8-6-19-12-25(23)33-24-11-17(4-7-22(24)30)5-9-26(31)28-21-16-29(15-20(19)21)14-18-3-2-10-27-13-18/h2-4,6-8,10-13,20-21,30H,5,9,14-16H2,1H3,(H,28,31)/t20-,21+/m0/s1. The summed E-state index contributed by atoms with van der Waals surface area (Å²) in [5.41, 5.74) is 3.12. The summed E-state index contributed by atoms with van der Waals surface area (Å²) in [6.07, 6.45) is 4.59. The van der Waals surface area contributed by atoms with Crippen molar-refractivity contribution in [3.8, 4) is 23.0 Å². The van der Waals surface area contributed by atoms with Gasteiger partial charge in [-0.3, -0.25) is 14.7 Å². The number of aromatic hydroxyl groups is 1. The van der Waals surface area contributed by atoms with E-state index in [0.717, 1.165) is 36.3 Å². The van der Waals surface area contributed by atoms with E-state index >= 15 is 0 Å². The number of hydrogen-bond donors (Lipinski definition) is 2. The van der Waals surface area contributed by atoms with Crippen LogP contribution in [0.1, 0.15) is 29.0 Å². The minimum Gasteiger partial charge on any atom is -0.504 e. The second-order valence-corrected chi connectivity index (χ2v) is 8.65. The number of carbonyl (C=O) groups excluding carboxylic acids is 1. The fourth-order valence-electron chi connectivity index (χ4n) is 4.70. The van der Waals surface area contributed by atoms with Crippen molar-refractivity contribution in [2.24, 2.45) is 0 Å². The number of ether oxygens (including phenoxy) is 2. The van der Waals surface area contributed by atoms with Gasteiger partial charge < -0.3 is 19.9 Å². The summed E-state index contributed by atoms with van der Waals surface area (Å²) >= 11 is 0. The van der Waals surface area contributed by atoms with Crippen molar-refractivity contribution in [1.29, 1.82) is 0 Å². The molecule has 1 aromatic heterocycles. The molecule has 2 aliphatic heterocycles. The van der Waals surface area contributed by atoms with E-state index < -0.39 is 0 Å². The number of phenols is 1. The van der Waals surface area contributed by atoms with Crippen LogP contribution in [-0.2, 0) is 17.8 Å². The maximum atomic E-state index is 12.8. The average Bonchev–Trinajstić information content (AvgIpc) is 3.21. The van der Waals surface area contributed by atoms with Crippen molar-refractivity contribution in [2.45, 2.75) is 31.3 Å². The normalized spacial score (nSPS) is 20.5. The van der Waals surface area contributed by atoms with E-state index in [2.05, 4.69) is 21.3 Å². The van der Waals surface area contributed by atoms with E-state index in [1.54, 1.807) is 25.4 Å². The Morgan fingerprint density at radius 2 is 2.06 bits per heavy atom. The predicted octanol–water partition coefficient (Wildman–Crippen LogP) is 3.62. The summed E-state index contributed by atoms with van der Waals surface area (Å²) < 4.78 is 11.6. The minimum atomic E-state index is -0.0207. The van der Waals surface area contributed by atoms with Crippen LogP contribution in [0.5, 0.6) is 23.0 Å². The lowest BCUT2D eigenvalue weighted by atomic mass is 9.93. The van der Waals surface area contributed by atoms with Crippen LogP contribution in [0, 0.1) is 0 Å². The Hall–Kier alpha value is -3.58. The molecule has 7 nitrogen and oxygen atoms in total. The van der Waals surface area contributed by atoms with Gasteiger partial charge >= 0.3 is 0 Å². The highest BCUT2D eigenvalue weighted by molar-refractivity contribution is 5.77. The predicted molar refractivity (Wildman–Crippen MR) is 124 cm³/mol. The van der Waals surface area contributed by atoms with Gasteiger partial charge in [-0.1, -0.05) is 18.2 Å². The van der Waals surface area contributed by atoms with Crippen molar-refractivity contribution in [3.05, 3.63) is 77.6 Å². The molecular weight excluding hydrogens is 418 g/mol. The Morgan fingerprint density at radius 3 is 2.88 bits per heavy atom. The van der Waals surface area contributed by atoms with Crippen LogP contribution in [0.25, 0.3) is 0 Å². The molecule has 5 rings (SSSR count). The van der Waals surface area contributed by atoms with Gasteiger partial charge in [0.15, 0.2) is 23.0 Å². The van der Waals surface area contributed by atoms with Crippen LogP contribution in [-0.4, -0.2) is 47.1 Å². The molecular formula is C26H27N3O4. The number of pyridine rings is 1. The molecule has 0 unspecified atom stereocenters. The first kappa shape index (κ1) is 21.3. The SMILES string of the molecule is COc1ccc2cc1Oc1cc(ccc1O)CCC(=O)N[C@@H]1CN(Cc3cccnc3)C[C@@H]21. The van der Waals surface area contributed by atoms with Gasteiger partial charge in [0, 0.05) is 50.4 Å². The zero-order valence-corrected chi connectivity index (χ0v) is 18.5. The van der Waals surface area contributed by atoms with E-state index in [-0.39, 0.29) is 23.6 Å². The number of nitrogens with one attached hydrogen (secondary N) is 1. The van der Waals surface area contributed by atoms with Crippen LogP contribution >= 0.6 is 0 Å². The van der Waals surface area contributed by atoms with E-state index in [1.807, 2.05) is 36.5 Å². The van der Waals surface area contributed by atoms with Crippen LogP contribution in [0.4, 0.5) is 0 Å². The Kier molecular flexibility index (Phi) is 5.88. The van der Waals surface area contributed by atoms with Gasteiger partial charge in [-0.05, 0) is 53.4 Å². The molecule has 0 spiro atoms. The summed E-state index contributed by atoms with van der Waals surface area (Å²) in [4.78, 5) is 19.4. The number of nitrogens with zero attached hydrogens (tertiary/aromatic N) is 2.